The van der Waals surface area contributed by atoms with Crippen molar-refractivity contribution < 1.29 is 9.53 Å². The molecule has 0 aromatic carbocycles. The Balaban J connectivity index is 2.29. The van der Waals surface area contributed by atoms with Gasteiger partial charge in [-0.3, -0.25) is 4.79 Å². The molecule has 4 nitrogen and oxygen atoms in total. The van der Waals surface area contributed by atoms with Gasteiger partial charge in [-0.25, -0.2) is 0 Å². The molecule has 15 heavy (non-hydrogen) atoms. The highest BCUT2D eigenvalue weighted by atomic mass is 16.5. The van der Waals surface area contributed by atoms with Crippen molar-refractivity contribution in [3.63, 3.8) is 0 Å². The minimum Gasteiger partial charge on any atom is -0.365 e. The van der Waals surface area contributed by atoms with E-state index < -0.39 is 5.60 Å². The van der Waals surface area contributed by atoms with Gasteiger partial charge < -0.3 is 15.8 Å². The predicted octanol–water partition coefficient (Wildman–Crippen LogP) is 0.799. The number of hydrogen-bond acceptors (Lipinski definition) is 3. The van der Waals surface area contributed by atoms with Gasteiger partial charge in [-0.1, -0.05) is 13.3 Å². The summed E-state index contributed by atoms with van der Waals surface area (Å²) in [5.41, 5.74) is 5.20. The number of carbonyl (C=O) groups is 1. The van der Waals surface area contributed by atoms with Crippen LogP contribution in [0.2, 0.25) is 0 Å². The second-order valence-electron chi connectivity index (χ2n) is 4.44. The van der Waals surface area contributed by atoms with Crippen LogP contribution in [-0.4, -0.2) is 30.7 Å². The molecule has 1 aliphatic heterocycles. The van der Waals surface area contributed by atoms with E-state index >= 15 is 0 Å². The number of ether oxygens (including phenoxy) is 1. The van der Waals surface area contributed by atoms with E-state index in [1.165, 1.54) is 0 Å². The van der Waals surface area contributed by atoms with Gasteiger partial charge in [0, 0.05) is 19.2 Å². The summed E-state index contributed by atoms with van der Waals surface area (Å²) in [6, 6.07) is 0.0592. The van der Waals surface area contributed by atoms with E-state index in [2.05, 4.69) is 12.2 Å². The molecule has 1 fully saturated rings. The third kappa shape index (κ3) is 3.47. The molecule has 0 spiro atoms. The lowest BCUT2D eigenvalue weighted by Crippen LogP contribution is -2.47. The van der Waals surface area contributed by atoms with E-state index in [1.807, 2.05) is 6.92 Å². The lowest BCUT2D eigenvalue weighted by Gasteiger charge is -2.23. The third-order valence-electron chi connectivity index (χ3n) is 2.88. The van der Waals surface area contributed by atoms with Crippen molar-refractivity contribution in [2.75, 3.05) is 13.2 Å². The van der Waals surface area contributed by atoms with Crippen LogP contribution in [0.5, 0.6) is 0 Å². The van der Waals surface area contributed by atoms with Crippen molar-refractivity contribution in [1.29, 1.82) is 0 Å². The Morgan fingerprint density at radius 2 is 2.40 bits per heavy atom. The number of carbonyl (C=O) groups excluding carboxylic acids is 1. The minimum absolute atomic E-state index is 0.0217. The maximum Gasteiger partial charge on any atom is 0.252 e. The molecule has 4 heteroatoms. The number of nitrogens with two attached hydrogens (primary N) is 1. The zero-order valence-electron chi connectivity index (χ0n) is 9.71. The Bertz CT molecular complexity index is 213. The lowest BCUT2D eigenvalue weighted by atomic mass is 10.0. The summed E-state index contributed by atoms with van der Waals surface area (Å²) in [6.07, 6.45) is 3.76. The fourth-order valence-corrected chi connectivity index (χ4v) is 1.84. The van der Waals surface area contributed by atoms with Gasteiger partial charge in [-0.05, 0) is 26.2 Å². The smallest absolute Gasteiger partial charge is 0.252 e. The summed E-state index contributed by atoms with van der Waals surface area (Å²) in [6.45, 7) is 5.17. The normalized spacial score (nSPS) is 27.7. The molecule has 1 rings (SSSR count). The lowest BCUT2D eigenvalue weighted by molar-refractivity contribution is -0.139. The highest BCUT2D eigenvalue weighted by molar-refractivity contribution is 5.85. The van der Waals surface area contributed by atoms with Crippen LogP contribution >= 0.6 is 0 Å². The van der Waals surface area contributed by atoms with E-state index in [-0.39, 0.29) is 11.9 Å². The van der Waals surface area contributed by atoms with Gasteiger partial charge >= 0.3 is 0 Å². The molecule has 0 bridgehead atoms. The van der Waals surface area contributed by atoms with Crippen molar-refractivity contribution in [3.05, 3.63) is 0 Å². The molecule has 1 saturated heterocycles. The van der Waals surface area contributed by atoms with Crippen molar-refractivity contribution in [2.45, 2.75) is 51.2 Å². The Labute approximate surface area is 91.5 Å². The monoisotopic (exact) mass is 214 g/mol. The molecule has 0 aliphatic carbocycles. The Kier molecular flexibility index (Phi) is 4.54. The first-order valence-corrected chi connectivity index (χ1v) is 5.76. The molecular formula is C11H22N2O2. The summed E-state index contributed by atoms with van der Waals surface area (Å²) in [4.78, 5) is 11.8. The second-order valence-corrected chi connectivity index (χ2v) is 4.44. The first kappa shape index (κ1) is 12.5. The standard InChI is InChI=1S/C11H22N2O2/c1-3-5-9(12)8-13-10(14)11(2)6-4-7-15-11/h9H,3-8,12H2,1-2H3,(H,13,14). The van der Waals surface area contributed by atoms with Gasteiger partial charge in [0.25, 0.3) is 5.91 Å². The van der Waals surface area contributed by atoms with E-state index in [9.17, 15) is 4.79 Å². The van der Waals surface area contributed by atoms with E-state index in [0.29, 0.717) is 13.2 Å². The average Bonchev–Trinajstić information content (AvgIpc) is 2.63. The maximum atomic E-state index is 11.8. The molecule has 2 atom stereocenters. The van der Waals surface area contributed by atoms with Crippen molar-refractivity contribution in [3.8, 4) is 0 Å². The number of nitrogens with one attached hydrogen (secondary N) is 1. The zero-order chi connectivity index (χ0) is 11.3. The molecule has 88 valence electrons. The van der Waals surface area contributed by atoms with Crippen LogP contribution < -0.4 is 11.1 Å². The highest BCUT2D eigenvalue weighted by Crippen LogP contribution is 2.24. The first-order valence-electron chi connectivity index (χ1n) is 5.76. The summed E-state index contributed by atoms with van der Waals surface area (Å²) in [5, 5.41) is 2.86. The molecular weight excluding hydrogens is 192 g/mol. The number of hydrogen-bond donors (Lipinski definition) is 2. The average molecular weight is 214 g/mol. The van der Waals surface area contributed by atoms with Crippen LogP contribution in [0, 0.1) is 0 Å². The van der Waals surface area contributed by atoms with Gasteiger partial charge in [0.2, 0.25) is 0 Å². The van der Waals surface area contributed by atoms with E-state index in [0.717, 1.165) is 25.7 Å². The molecule has 2 unspecified atom stereocenters. The Hall–Kier alpha value is -0.610. The molecule has 0 radical (unpaired) electrons. The fraction of sp³-hybridized carbons (Fsp3) is 0.909. The summed E-state index contributed by atoms with van der Waals surface area (Å²) in [5.74, 6) is -0.0217. The molecule has 0 saturated carbocycles. The van der Waals surface area contributed by atoms with Crippen LogP contribution in [0.15, 0.2) is 0 Å². The second kappa shape index (κ2) is 5.47. The van der Waals surface area contributed by atoms with Crippen LogP contribution in [-0.2, 0) is 9.53 Å². The maximum absolute atomic E-state index is 11.8. The number of amides is 1. The van der Waals surface area contributed by atoms with Crippen LogP contribution in [0.4, 0.5) is 0 Å². The van der Waals surface area contributed by atoms with Crippen LogP contribution in [0.3, 0.4) is 0 Å². The third-order valence-corrected chi connectivity index (χ3v) is 2.88. The van der Waals surface area contributed by atoms with Crippen LogP contribution in [0.25, 0.3) is 0 Å². The van der Waals surface area contributed by atoms with Gasteiger partial charge in [-0.2, -0.15) is 0 Å². The van der Waals surface area contributed by atoms with Gasteiger partial charge in [-0.15, -0.1) is 0 Å². The summed E-state index contributed by atoms with van der Waals surface area (Å²) >= 11 is 0. The Morgan fingerprint density at radius 3 is 2.93 bits per heavy atom. The van der Waals surface area contributed by atoms with Gasteiger partial charge in [0.1, 0.15) is 5.60 Å². The van der Waals surface area contributed by atoms with Gasteiger partial charge in [0.05, 0.1) is 0 Å². The minimum atomic E-state index is -0.619. The molecule has 0 aromatic heterocycles. The summed E-state index contributed by atoms with van der Waals surface area (Å²) < 4.78 is 5.44. The predicted molar refractivity (Wildman–Crippen MR) is 59.5 cm³/mol. The molecule has 1 heterocycles. The number of rotatable bonds is 5. The molecule has 1 aliphatic rings. The molecule has 3 N–H and O–H groups in total. The SMILES string of the molecule is CCCC(N)CNC(=O)C1(C)CCCO1. The topological polar surface area (TPSA) is 64.3 Å². The molecule has 1 amide bonds. The fourth-order valence-electron chi connectivity index (χ4n) is 1.84. The Morgan fingerprint density at radius 1 is 1.67 bits per heavy atom. The van der Waals surface area contributed by atoms with Crippen molar-refractivity contribution in [2.24, 2.45) is 5.73 Å². The molecule has 0 aromatic rings. The zero-order valence-corrected chi connectivity index (χ0v) is 9.71. The summed E-state index contributed by atoms with van der Waals surface area (Å²) in [7, 11) is 0. The van der Waals surface area contributed by atoms with Gasteiger partial charge in [0.15, 0.2) is 0 Å². The largest absolute Gasteiger partial charge is 0.365 e. The van der Waals surface area contributed by atoms with Crippen molar-refractivity contribution >= 4 is 5.91 Å². The highest BCUT2D eigenvalue weighted by Gasteiger charge is 2.37. The van der Waals surface area contributed by atoms with Crippen LogP contribution in [0.1, 0.15) is 39.5 Å². The van der Waals surface area contributed by atoms with E-state index in [4.69, 9.17) is 10.5 Å². The first-order chi connectivity index (χ1) is 7.08. The van der Waals surface area contributed by atoms with E-state index in [1.54, 1.807) is 0 Å². The van der Waals surface area contributed by atoms with Crippen molar-refractivity contribution in [1.82, 2.24) is 5.32 Å². The quantitative estimate of drug-likeness (QED) is 0.711.